The van der Waals surface area contributed by atoms with Gasteiger partial charge < -0.3 is 4.74 Å². The Morgan fingerprint density at radius 1 is 1.90 bits per heavy atom. The Morgan fingerprint density at radius 2 is 2.50 bits per heavy atom. The molecule has 0 bridgehead atoms. The van der Waals surface area contributed by atoms with E-state index in [0.29, 0.717) is 0 Å². The van der Waals surface area contributed by atoms with Gasteiger partial charge in [-0.3, -0.25) is 0 Å². The van der Waals surface area contributed by atoms with E-state index in [9.17, 15) is 4.79 Å². The number of hydrogen-bond donors (Lipinski definition) is 0. The Labute approximate surface area is 65.6 Å². The summed E-state index contributed by atoms with van der Waals surface area (Å²) >= 11 is 1.52. The van der Waals surface area contributed by atoms with Crippen LogP contribution in [0.3, 0.4) is 0 Å². The van der Waals surface area contributed by atoms with Crippen LogP contribution in [0.2, 0.25) is 0 Å². The van der Waals surface area contributed by atoms with Gasteiger partial charge in [0.15, 0.2) is 0 Å². The molecule has 0 fully saturated rings. The summed E-state index contributed by atoms with van der Waals surface area (Å²) in [6.07, 6.45) is 3.92. The van der Waals surface area contributed by atoms with Crippen molar-refractivity contribution in [3.63, 3.8) is 0 Å². The number of carbonyl (C=O) groups is 1. The predicted octanol–water partition coefficient (Wildman–Crippen LogP) is 1.81. The van der Waals surface area contributed by atoms with Crippen LogP contribution in [-0.4, -0.2) is 17.7 Å². The first-order valence-electron chi connectivity index (χ1n) is 3.10. The van der Waals surface area contributed by atoms with Crippen molar-refractivity contribution in [1.82, 2.24) is 0 Å². The van der Waals surface area contributed by atoms with Crippen molar-refractivity contribution in [2.75, 3.05) is 6.26 Å². The zero-order valence-corrected chi connectivity index (χ0v) is 7.11. The van der Waals surface area contributed by atoms with E-state index >= 15 is 0 Å². The average molecular weight is 160 g/mol. The van der Waals surface area contributed by atoms with Crippen molar-refractivity contribution in [1.29, 1.82) is 0 Å². The number of carbonyl (C=O) groups excluding carboxylic acids is 1. The third-order valence-electron chi connectivity index (χ3n) is 1.01. The van der Waals surface area contributed by atoms with E-state index in [1.165, 1.54) is 17.8 Å². The summed E-state index contributed by atoms with van der Waals surface area (Å²) in [6.45, 7) is 5.27. The first-order chi connectivity index (χ1) is 4.74. The summed E-state index contributed by atoms with van der Waals surface area (Å²) in [5.74, 6) is -0.346. The van der Waals surface area contributed by atoms with Crippen molar-refractivity contribution in [2.24, 2.45) is 0 Å². The fraction of sp³-hybridized carbons (Fsp3) is 0.571. The zero-order valence-electron chi connectivity index (χ0n) is 6.29. The number of ether oxygens (including phenoxy) is 1. The molecule has 0 radical (unpaired) electrons. The highest BCUT2D eigenvalue weighted by molar-refractivity contribution is 7.99. The summed E-state index contributed by atoms with van der Waals surface area (Å²) in [6, 6.07) is 0. The molecule has 0 saturated heterocycles. The molecular formula is C7H12O2S. The minimum absolute atomic E-state index is 0.0227. The van der Waals surface area contributed by atoms with Gasteiger partial charge in [0.05, 0.1) is 0 Å². The molecule has 58 valence electrons. The smallest absolute Gasteiger partial charge is 0.331 e. The van der Waals surface area contributed by atoms with Gasteiger partial charge in [-0.2, -0.15) is 0 Å². The maximum Gasteiger partial charge on any atom is 0.331 e. The molecule has 0 aliphatic heterocycles. The van der Waals surface area contributed by atoms with Crippen molar-refractivity contribution in [3.05, 3.63) is 12.7 Å². The lowest BCUT2D eigenvalue weighted by molar-refractivity contribution is -0.139. The highest BCUT2D eigenvalue weighted by Gasteiger charge is 2.06. The molecule has 1 atom stereocenters. The Bertz CT molecular complexity index is 119. The maximum absolute atomic E-state index is 10.6. The Hall–Kier alpha value is -0.440. The topological polar surface area (TPSA) is 26.3 Å². The van der Waals surface area contributed by atoms with Crippen LogP contribution in [0, 0.1) is 0 Å². The van der Waals surface area contributed by atoms with E-state index in [-0.39, 0.29) is 11.4 Å². The van der Waals surface area contributed by atoms with Crippen LogP contribution in [0.4, 0.5) is 0 Å². The Kier molecular flexibility index (Phi) is 5.12. The lowest BCUT2D eigenvalue weighted by Gasteiger charge is -2.10. The van der Waals surface area contributed by atoms with Gasteiger partial charge in [-0.25, -0.2) is 4.79 Å². The summed E-state index contributed by atoms with van der Waals surface area (Å²) in [7, 11) is 0. The first-order valence-corrected chi connectivity index (χ1v) is 4.39. The van der Waals surface area contributed by atoms with Gasteiger partial charge in [0, 0.05) is 6.08 Å². The van der Waals surface area contributed by atoms with E-state index in [4.69, 9.17) is 4.74 Å². The Morgan fingerprint density at radius 3 is 2.80 bits per heavy atom. The van der Waals surface area contributed by atoms with Gasteiger partial charge in [0.25, 0.3) is 0 Å². The quantitative estimate of drug-likeness (QED) is 0.356. The lowest BCUT2D eigenvalue weighted by Crippen LogP contribution is -2.10. The van der Waals surface area contributed by atoms with Crippen molar-refractivity contribution in [3.8, 4) is 0 Å². The molecule has 10 heavy (non-hydrogen) atoms. The minimum atomic E-state index is -0.346. The molecule has 0 heterocycles. The molecule has 0 aliphatic rings. The van der Waals surface area contributed by atoms with E-state index in [2.05, 4.69) is 6.58 Å². The van der Waals surface area contributed by atoms with Crippen molar-refractivity contribution >= 4 is 17.7 Å². The van der Waals surface area contributed by atoms with E-state index in [0.717, 1.165) is 6.42 Å². The summed E-state index contributed by atoms with van der Waals surface area (Å²) in [4.78, 5) is 10.6. The molecule has 0 aromatic heterocycles. The predicted molar refractivity (Wildman–Crippen MR) is 43.9 cm³/mol. The van der Waals surface area contributed by atoms with Crippen molar-refractivity contribution < 1.29 is 9.53 Å². The van der Waals surface area contributed by atoms with Crippen LogP contribution in [0.15, 0.2) is 12.7 Å². The normalized spacial score (nSPS) is 12.2. The molecule has 0 N–H and O–H groups in total. The maximum atomic E-state index is 10.6. The number of rotatable bonds is 4. The standard InChI is InChI=1S/C7H12O2S/c1-4-6(8)9-7(5-2)10-3/h4,7H,1,5H2,2-3H3. The Balaban J connectivity index is 3.62. The molecule has 3 heteroatoms. The van der Waals surface area contributed by atoms with Crippen LogP contribution >= 0.6 is 11.8 Å². The van der Waals surface area contributed by atoms with Gasteiger partial charge in [-0.05, 0) is 12.7 Å². The summed E-state index contributed by atoms with van der Waals surface area (Å²) < 4.78 is 4.90. The summed E-state index contributed by atoms with van der Waals surface area (Å²) in [5, 5.41) is 0. The van der Waals surface area contributed by atoms with Crippen LogP contribution in [-0.2, 0) is 9.53 Å². The average Bonchev–Trinajstić information content (AvgIpc) is 1.99. The SMILES string of the molecule is C=CC(=O)OC(CC)SC. The molecule has 0 rings (SSSR count). The van der Waals surface area contributed by atoms with E-state index in [1.54, 1.807) is 0 Å². The second-order valence-electron chi connectivity index (χ2n) is 1.71. The van der Waals surface area contributed by atoms with Crippen LogP contribution in [0.5, 0.6) is 0 Å². The molecule has 2 nitrogen and oxygen atoms in total. The number of hydrogen-bond acceptors (Lipinski definition) is 3. The second-order valence-corrected chi connectivity index (χ2v) is 2.71. The fourth-order valence-corrected chi connectivity index (χ4v) is 1.00. The van der Waals surface area contributed by atoms with Crippen LogP contribution < -0.4 is 0 Å². The highest BCUT2D eigenvalue weighted by atomic mass is 32.2. The minimum Gasteiger partial charge on any atom is -0.448 e. The van der Waals surface area contributed by atoms with Crippen molar-refractivity contribution in [2.45, 2.75) is 18.8 Å². The van der Waals surface area contributed by atoms with Gasteiger partial charge in [-0.1, -0.05) is 13.5 Å². The molecule has 0 aromatic rings. The molecule has 0 saturated carbocycles. The van der Waals surface area contributed by atoms with Gasteiger partial charge >= 0.3 is 5.97 Å². The largest absolute Gasteiger partial charge is 0.448 e. The third-order valence-corrected chi connectivity index (χ3v) is 1.97. The molecule has 0 amide bonds. The molecule has 1 unspecified atom stereocenters. The van der Waals surface area contributed by atoms with E-state index < -0.39 is 0 Å². The van der Waals surface area contributed by atoms with Gasteiger partial charge in [-0.15, -0.1) is 11.8 Å². The van der Waals surface area contributed by atoms with Crippen LogP contribution in [0.25, 0.3) is 0 Å². The fourth-order valence-electron chi connectivity index (χ4n) is 0.476. The number of thioether (sulfide) groups is 1. The highest BCUT2D eigenvalue weighted by Crippen LogP contribution is 2.11. The number of esters is 1. The molecule has 0 aromatic carbocycles. The van der Waals surface area contributed by atoms with E-state index in [1.807, 2.05) is 13.2 Å². The monoisotopic (exact) mass is 160 g/mol. The van der Waals surface area contributed by atoms with Crippen LogP contribution in [0.1, 0.15) is 13.3 Å². The van der Waals surface area contributed by atoms with Gasteiger partial charge in [0.2, 0.25) is 0 Å². The summed E-state index contributed by atoms with van der Waals surface area (Å²) in [5.41, 5.74) is -0.0227. The molecule has 0 spiro atoms. The third kappa shape index (κ3) is 3.56. The first kappa shape index (κ1) is 9.56. The molecular weight excluding hydrogens is 148 g/mol. The molecule has 0 aliphatic carbocycles. The van der Waals surface area contributed by atoms with Gasteiger partial charge in [0.1, 0.15) is 5.44 Å². The lowest BCUT2D eigenvalue weighted by atomic mass is 10.5. The zero-order chi connectivity index (χ0) is 7.98. The second kappa shape index (κ2) is 5.35.